The van der Waals surface area contributed by atoms with Gasteiger partial charge in [-0.25, -0.2) is 16.8 Å². The van der Waals surface area contributed by atoms with Crippen molar-refractivity contribution in [2.45, 2.75) is 363 Å². The first-order chi connectivity index (χ1) is 48.5. The number of Topliss-reactive ketones (excluding diaryl/α,β-unsaturated/α-hetero) is 8. The Labute approximate surface area is 627 Å². The van der Waals surface area contributed by atoms with Gasteiger partial charge in [-0.15, -0.1) is 0 Å². The number of nitrogens with zero attached hydrogens (tertiary/aromatic N) is 2. The number of likely N-dealkylation sites (tertiary alicyclic amines) is 2. The minimum atomic E-state index is -3.46. The highest BCUT2D eigenvalue weighted by Gasteiger charge is 2.71. The third-order valence-electron chi connectivity index (χ3n) is 28.9. The van der Waals surface area contributed by atoms with Gasteiger partial charge in [-0.1, -0.05) is 158 Å². The monoisotopic (exact) mass is 1490 g/mol. The summed E-state index contributed by atoms with van der Waals surface area (Å²) in [7, 11) is -6.92. The van der Waals surface area contributed by atoms with E-state index < -0.39 is 98.2 Å². The van der Waals surface area contributed by atoms with E-state index in [9.17, 15) is 55.2 Å². The standard InChI is InChI=1S/2C43H69NO7S/c2*1-8-9-16-30(38(48)35(47)23-29-17-18-29)24-34(46)37-36-33(41(36,5)6)27-44(37)39(49)32(42(7)19-12-10-13-20-42)25-31(45)26-43(21-14-11-15-22-43)28-52(50,51)40(2,3)4/h2*29-30,32-33,36-37H,8-28H2,1-7H3/t2*30-,32-,33+,36+,37-/m11/s1. The number of rotatable bonds is 36. The Morgan fingerprint density at radius 1 is 0.423 bits per heavy atom. The SMILES string of the molecule is CCCC[C@H](CC(=O)[C@@H]1[C@@H]2[C@H](CN1C(=O)[C@@H](CC(=O)CC1(CS(=O)(=O)C(C)(C)C)CCCCC1)C1(C)CCCCC1)C2(C)C)C(=O)C(=O)CC1CC1.CCCC[C@H](CC(=O)[C@@H]1[C@@H]2[C@H](CN1C(=O)[C@@H](CC(=O)CC1(CS(=O)(=O)C(C)(C)C)CCCCC1)C1(C)CCCCC1)C2(C)C)C(=O)C(=O)CC1CC1. The van der Waals surface area contributed by atoms with E-state index in [2.05, 4.69) is 41.5 Å². The Balaban J connectivity index is 0.000000241. The highest BCUT2D eigenvalue weighted by atomic mass is 32.2. The van der Waals surface area contributed by atoms with Gasteiger partial charge in [-0.3, -0.25) is 47.9 Å². The number of hydrogen-bond donors (Lipinski definition) is 0. The average Bonchev–Trinajstić information content (AvgIpc) is 1.53. The number of amides is 2. The number of ketones is 8. The molecule has 0 unspecified atom stereocenters. The average molecular weight is 1490 g/mol. The Kier molecular flexibility index (Phi) is 26.7. The van der Waals surface area contributed by atoms with Crippen LogP contribution in [0.25, 0.3) is 0 Å². The molecule has 0 aromatic heterocycles. The molecule has 10 rings (SSSR count). The molecule has 8 aliphatic carbocycles. The van der Waals surface area contributed by atoms with Crippen LogP contribution in [-0.2, 0) is 67.6 Å². The van der Waals surface area contributed by atoms with Crippen LogP contribution in [0.2, 0.25) is 0 Å². The van der Waals surface area contributed by atoms with Crippen LogP contribution in [0.4, 0.5) is 0 Å². The molecule has 18 heteroatoms. The summed E-state index contributed by atoms with van der Waals surface area (Å²) in [6.07, 6.45) is 27.1. The van der Waals surface area contributed by atoms with Crippen molar-refractivity contribution in [3.05, 3.63) is 0 Å². The van der Waals surface area contributed by atoms with Crippen molar-refractivity contribution in [2.24, 2.45) is 91.7 Å². The Morgan fingerprint density at radius 3 is 1.00 bits per heavy atom. The number of unbranched alkanes of at least 4 members (excludes halogenated alkanes) is 2. The molecule has 104 heavy (non-hydrogen) atoms. The van der Waals surface area contributed by atoms with E-state index in [4.69, 9.17) is 0 Å². The maximum absolute atomic E-state index is 15.0. The van der Waals surface area contributed by atoms with E-state index >= 15 is 9.59 Å². The Morgan fingerprint density at radius 2 is 0.721 bits per heavy atom. The van der Waals surface area contributed by atoms with Gasteiger partial charge in [0.15, 0.2) is 42.8 Å². The summed E-state index contributed by atoms with van der Waals surface area (Å²) in [6, 6.07) is -1.32. The van der Waals surface area contributed by atoms with Crippen molar-refractivity contribution in [3.63, 3.8) is 0 Å². The lowest BCUT2D eigenvalue weighted by molar-refractivity contribution is -0.150. The zero-order chi connectivity index (χ0) is 76.6. The number of hydrogen-bond acceptors (Lipinski definition) is 14. The molecule has 0 aromatic rings. The molecule has 0 bridgehead atoms. The van der Waals surface area contributed by atoms with Crippen molar-refractivity contribution in [3.8, 4) is 0 Å². The van der Waals surface area contributed by atoms with E-state index in [0.717, 1.165) is 154 Å². The molecular formula is C86H138N2O14S2. The largest absolute Gasteiger partial charge is 0.332 e. The van der Waals surface area contributed by atoms with Gasteiger partial charge in [-0.05, 0) is 199 Å². The molecule has 0 radical (unpaired) electrons. The fourth-order valence-electron chi connectivity index (χ4n) is 21.0. The molecule has 2 heterocycles. The second-order valence-electron chi connectivity index (χ2n) is 39.9. The van der Waals surface area contributed by atoms with Crippen LogP contribution < -0.4 is 0 Å². The minimum Gasteiger partial charge on any atom is -0.332 e. The van der Waals surface area contributed by atoms with Crippen molar-refractivity contribution in [2.75, 3.05) is 24.6 Å². The zero-order valence-corrected chi connectivity index (χ0v) is 68.7. The first-order valence-corrected chi connectivity index (χ1v) is 45.1. The normalized spacial score (nSPS) is 27.7. The molecule has 588 valence electrons. The molecule has 2 amide bonds. The first kappa shape index (κ1) is 84.2. The fraction of sp³-hybridized carbons (Fsp3) is 0.884. The quantitative estimate of drug-likeness (QED) is 0.0530. The lowest BCUT2D eigenvalue weighted by Gasteiger charge is -2.44. The van der Waals surface area contributed by atoms with Crippen molar-refractivity contribution in [1.29, 1.82) is 0 Å². The number of sulfone groups is 2. The molecule has 10 fully saturated rings. The maximum Gasteiger partial charge on any atom is 0.227 e. The lowest BCUT2D eigenvalue weighted by atomic mass is 9.64. The molecule has 0 aromatic carbocycles. The summed E-state index contributed by atoms with van der Waals surface area (Å²) in [5, 5.41) is 0. The highest BCUT2D eigenvalue weighted by molar-refractivity contribution is 7.93. The van der Waals surface area contributed by atoms with Crippen LogP contribution in [0.1, 0.15) is 341 Å². The molecular weight excluding hydrogens is 1350 g/mol. The van der Waals surface area contributed by atoms with E-state index in [1.165, 1.54) is 0 Å². The lowest BCUT2D eigenvalue weighted by Crippen LogP contribution is -2.52. The van der Waals surface area contributed by atoms with Crippen molar-refractivity contribution in [1.82, 2.24) is 9.80 Å². The Hall–Kier alpha value is -3.80. The van der Waals surface area contributed by atoms with Crippen molar-refractivity contribution >= 4 is 77.8 Å². The molecule has 0 spiro atoms. The third-order valence-corrected chi connectivity index (χ3v) is 34.7. The third kappa shape index (κ3) is 19.5. The van der Waals surface area contributed by atoms with Gasteiger partial charge in [-0.2, -0.15) is 0 Å². The van der Waals surface area contributed by atoms with Crippen LogP contribution in [-0.4, -0.2) is 131 Å². The molecule has 8 saturated carbocycles. The van der Waals surface area contributed by atoms with Gasteiger partial charge in [0.25, 0.3) is 0 Å². The minimum absolute atomic E-state index is 0.00308. The number of carbonyl (C=O) groups excluding carboxylic acids is 10. The van der Waals surface area contributed by atoms with Crippen molar-refractivity contribution < 1.29 is 64.8 Å². The van der Waals surface area contributed by atoms with Crippen LogP contribution in [0.15, 0.2) is 0 Å². The summed E-state index contributed by atoms with van der Waals surface area (Å²) < 4.78 is 52.2. The van der Waals surface area contributed by atoms with Gasteiger partial charge < -0.3 is 9.80 Å². The van der Waals surface area contributed by atoms with Crippen LogP contribution >= 0.6 is 0 Å². The summed E-state index contributed by atoms with van der Waals surface area (Å²) >= 11 is 0. The van der Waals surface area contributed by atoms with Crippen LogP contribution in [0.3, 0.4) is 0 Å². The summed E-state index contributed by atoms with van der Waals surface area (Å²) in [4.78, 5) is 144. The highest BCUT2D eigenvalue weighted by Crippen LogP contribution is 2.67. The summed E-state index contributed by atoms with van der Waals surface area (Å²) in [6.45, 7) is 28.3. The first-order valence-electron chi connectivity index (χ1n) is 41.8. The van der Waals surface area contributed by atoms with Gasteiger partial charge in [0, 0.05) is 76.3 Å². The van der Waals surface area contributed by atoms with Gasteiger partial charge in [0.05, 0.1) is 44.9 Å². The molecule has 2 aliphatic heterocycles. The van der Waals surface area contributed by atoms with E-state index in [-0.39, 0.29) is 144 Å². The number of fused-ring (bicyclic) bond motifs is 2. The molecule has 10 aliphatic rings. The van der Waals surface area contributed by atoms with Gasteiger partial charge in [0.1, 0.15) is 11.6 Å². The zero-order valence-electron chi connectivity index (χ0n) is 67.1. The predicted molar refractivity (Wildman–Crippen MR) is 408 cm³/mol. The maximum atomic E-state index is 15.0. The number of piperidine rings is 2. The second-order valence-corrected chi connectivity index (χ2v) is 45.4. The van der Waals surface area contributed by atoms with Gasteiger partial charge in [0.2, 0.25) is 23.4 Å². The van der Waals surface area contributed by atoms with E-state index in [1.807, 2.05) is 13.8 Å². The van der Waals surface area contributed by atoms with E-state index in [0.29, 0.717) is 63.5 Å². The van der Waals surface area contributed by atoms with Crippen LogP contribution in [0.5, 0.6) is 0 Å². The van der Waals surface area contributed by atoms with E-state index in [1.54, 1.807) is 51.3 Å². The smallest absolute Gasteiger partial charge is 0.227 e. The fourth-order valence-corrected chi connectivity index (χ4v) is 24.2. The Bertz CT molecular complexity index is 3170. The predicted octanol–water partition coefficient (Wildman–Crippen LogP) is 16.5. The van der Waals surface area contributed by atoms with Crippen LogP contribution in [0, 0.1) is 91.7 Å². The molecule has 16 nitrogen and oxygen atoms in total. The molecule has 2 saturated heterocycles. The number of carbonyl (C=O) groups is 10. The summed E-state index contributed by atoms with van der Waals surface area (Å²) in [5.41, 5.74) is -2.23. The van der Waals surface area contributed by atoms with Gasteiger partial charge >= 0.3 is 0 Å². The topological polar surface area (TPSA) is 245 Å². The molecule has 0 N–H and O–H groups in total. The second kappa shape index (κ2) is 33.0. The summed E-state index contributed by atoms with van der Waals surface area (Å²) in [5.74, 6) is -3.65. The molecule has 10 atom stereocenters.